The van der Waals surface area contributed by atoms with Crippen molar-refractivity contribution in [3.63, 3.8) is 0 Å². The van der Waals surface area contributed by atoms with Crippen LogP contribution in [0.15, 0.2) is 5.16 Å². The molecule has 0 aliphatic heterocycles. The van der Waals surface area contributed by atoms with E-state index in [2.05, 4.69) is 10.5 Å². The second-order valence-electron chi connectivity index (χ2n) is 4.15. The zero-order valence-electron chi connectivity index (χ0n) is 9.07. The molecule has 1 unspecified atom stereocenters. The first-order valence-electron chi connectivity index (χ1n) is 5.40. The zero-order chi connectivity index (χ0) is 11.3. The van der Waals surface area contributed by atoms with Gasteiger partial charge in [0.1, 0.15) is 5.84 Å². The van der Waals surface area contributed by atoms with E-state index in [1.165, 1.54) is 0 Å². The van der Waals surface area contributed by atoms with E-state index in [0.29, 0.717) is 6.54 Å². The number of nitrogens with one attached hydrogen (secondary N) is 1. The number of oxime groups is 1. The highest BCUT2D eigenvalue weighted by Crippen LogP contribution is 2.24. The van der Waals surface area contributed by atoms with Gasteiger partial charge in [-0.3, -0.25) is 4.79 Å². The van der Waals surface area contributed by atoms with Crippen LogP contribution >= 0.6 is 0 Å². The molecule has 1 saturated carbocycles. The second kappa shape index (κ2) is 5.58. The third-order valence-corrected chi connectivity index (χ3v) is 2.93. The van der Waals surface area contributed by atoms with Crippen LogP contribution < -0.4 is 11.1 Å². The van der Waals surface area contributed by atoms with Gasteiger partial charge >= 0.3 is 0 Å². The molecule has 5 nitrogen and oxygen atoms in total. The van der Waals surface area contributed by atoms with Crippen LogP contribution in [-0.4, -0.2) is 23.5 Å². The van der Waals surface area contributed by atoms with Crippen LogP contribution in [0.25, 0.3) is 0 Å². The molecule has 0 saturated heterocycles. The standard InChI is InChI=1S/C10H19N3O2/c1-7(9(11)13-15)6-12-10(14)8-4-2-3-5-8/h7-8,15H,2-6H2,1H3,(H2,11,13)(H,12,14). The van der Waals surface area contributed by atoms with Crippen molar-refractivity contribution in [2.45, 2.75) is 32.6 Å². The van der Waals surface area contributed by atoms with E-state index < -0.39 is 0 Å². The van der Waals surface area contributed by atoms with E-state index in [1.54, 1.807) is 0 Å². The summed E-state index contributed by atoms with van der Waals surface area (Å²) >= 11 is 0. The molecule has 1 rings (SSSR count). The van der Waals surface area contributed by atoms with Crippen molar-refractivity contribution in [3.05, 3.63) is 0 Å². The maximum atomic E-state index is 11.6. The normalized spacial score (nSPS) is 20.2. The largest absolute Gasteiger partial charge is 0.409 e. The maximum Gasteiger partial charge on any atom is 0.223 e. The molecular weight excluding hydrogens is 194 g/mol. The van der Waals surface area contributed by atoms with Gasteiger partial charge in [-0.15, -0.1) is 0 Å². The van der Waals surface area contributed by atoms with Crippen LogP contribution in [0.4, 0.5) is 0 Å². The summed E-state index contributed by atoms with van der Waals surface area (Å²) in [6.45, 7) is 2.25. The van der Waals surface area contributed by atoms with Crippen LogP contribution in [-0.2, 0) is 4.79 Å². The van der Waals surface area contributed by atoms with E-state index in [1.807, 2.05) is 6.92 Å². The number of nitrogens with zero attached hydrogens (tertiary/aromatic N) is 1. The second-order valence-corrected chi connectivity index (χ2v) is 4.15. The highest BCUT2D eigenvalue weighted by atomic mass is 16.4. The minimum atomic E-state index is -0.125. The SMILES string of the molecule is CC(CNC(=O)C1CCCC1)C(N)=NO. The molecule has 1 atom stereocenters. The molecule has 0 aromatic carbocycles. The van der Waals surface area contributed by atoms with Gasteiger partial charge in [0.05, 0.1) is 0 Å². The van der Waals surface area contributed by atoms with Gasteiger partial charge in [0.15, 0.2) is 0 Å². The number of amidine groups is 1. The summed E-state index contributed by atoms with van der Waals surface area (Å²) in [5.74, 6) is 0.302. The zero-order valence-corrected chi connectivity index (χ0v) is 9.07. The van der Waals surface area contributed by atoms with Crippen molar-refractivity contribution in [2.75, 3.05) is 6.54 Å². The van der Waals surface area contributed by atoms with Crippen molar-refractivity contribution in [3.8, 4) is 0 Å². The molecule has 0 aromatic heterocycles. The third-order valence-electron chi connectivity index (χ3n) is 2.93. The Labute approximate surface area is 89.7 Å². The molecule has 0 bridgehead atoms. The lowest BCUT2D eigenvalue weighted by Crippen LogP contribution is -2.37. The minimum absolute atomic E-state index is 0.102. The Hall–Kier alpha value is -1.26. The molecule has 86 valence electrons. The van der Waals surface area contributed by atoms with Crippen molar-refractivity contribution in [2.24, 2.45) is 22.7 Å². The number of hydrogen-bond acceptors (Lipinski definition) is 3. The summed E-state index contributed by atoms with van der Waals surface area (Å²) in [4.78, 5) is 11.6. The van der Waals surface area contributed by atoms with Crippen molar-refractivity contribution in [1.82, 2.24) is 5.32 Å². The van der Waals surface area contributed by atoms with Crippen molar-refractivity contribution in [1.29, 1.82) is 0 Å². The Balaban J connectivity index is 2.27. The van der Waals surface area contributed by atoms with Crippen LogP contribution in [0.1, 0.15) is 32.6 Å². The molecule has 1 aliphatic rings. The topological polar surface area (TPSA) is 87.7 Å². The summed E-state index contributed by atoms with van der Waals surface area (Å²) in [6.07, 6.45) is 4.27. The maximum absolute atomic E-state index is 11.6. The van der Waals surface area contributed by atoms with Gasteiger partial charge in [-0.05, 0) is 12.8 Å². The summed E-state index contributed by atoms with van der Waals surface area (Å²) < 4.78 is 0. The minimum Gasteiger partial charge on any atom is -0.409 e. The fraction of sp³-hybridized carbons (Fsp3) is 0.800. The van der Waals surface area contributed by atoms with Gasteiger partial charge in [0.25, 0.3) is 0 Å². The molecule has 1 fully saturated rings. The van der Waals surface area contributed by atoms with Crippen molar-refractivity contribution >= 4 is 11.7 Å². The van der Waals surface area contributed by atoms with Crippen LogP contribution in [0.3, 0.4) is 0 Å². The lowest BCUT2D eigenvalue weighted by atomic mass is 10.1. The lowest BCUT2D eigenvalue weighted by Gasteiger charge is -2.13. The van der Waals surface area contributed by atoms with Crippen LogP contribution in [0.5, 0.6) is 0 Å². The molecular formula is C10H19N3O2. The average molecular weight is 213 g/mol. The van der Waals surface area contributed by atoms with E-state index in [4.69, 9.17) is 10.9 Å². The summed E-state index contributed by atoms with van der Waals surface area (Å²) in [7, 11) is 0. The van der Waals surface area contributed by atoms with Crippen LogP contribution in [0, 0.1) is 11.8 Å². The van der Waals surface area contributed by atoms with Gasteiger partial charge in [-0.2, -0.15) is 0 Å². The first kappa shape index (κ1) is 11.8. The van der Waals surface area contributed by atoms with E-state index >= 15 is 0 Å². The number of carbonyl (C=O) groups is 1. The molecule has 0 heterocycles. The molecule has 0 aromatic rings. The number of rotatable bonds is 4. The molecule has 4 N–H and O–H groups in total. The monoisotopic (exact) mass is 213 g/mol. The smallest absolute Gasteiger partial charge is 0.223 e. The molecule has 1 aliphatic carbocycles. The summed E-state index contributed by atoms with van der Waals surface area (Å²) in [6, 6.07) is 0. The Morgan fingerprint density at radius 2 is 2.20 bits per heavy atom. The van der Waals surface area contributed by atoms with Crippen LogP contribution in [0.2, 0.25) is 0 Å². The molecule has 0 spiro atoms. The van der Waals surface area contributed by atoms with Gasteiger partial charge in [-0.1, -0.05) is 24.9 Å². The number of amides is 1. The number of hydrogen-bond donors (Lipinski definition) is 3. The first-order chi connectivity index (χ1) is 7.15. The van der Waals surface area contributed by atoms with Gasteiger partial charge in [0.2, 0.25) is 5.91 Å². The highest BCUT2D eigenvalue weighted by Gasteiger charge is 2.22. The van der Waals surface area contributed by atoms with E-state index in [9.17, 15) is 4.79 Å². The van der Waals surface area contributed by atoms with E-state index in [-0.39, 0.29) is 23.6 Å². The number of carbonyl (C=O) groups excluding carboxylic acids is 1. The predicted octanol–water partition coefficient (Wildman–Crippen LogP) is 0.675. The third kappa shape index (κ3) is 3.42. The Bertz CT molecular complexity index is 247. The lowest BCUT2D eigenvalue weighted by molar-refractivity contribution is -0.124. The predicted molar refractivity (Wildman–Crippen MR) is 57.5 cm³/mol. The first-order valence-corrected chi connectivity index (χ1v) is 5.40. The van der Waals surface area contributed by atoms with Gasteiger partial charge < -0.3 is 16.3 Å². The molecule has 5 heteroatoms. The van der Waals surface area contributed by atoms with Gasteiger partial charge in [0, 0.05) is 18.4 Å². The van der Waals surface area contributed by atoms with E-state index in [0.717, 1.165) is 25.7 Å². The Morgan fingerprint density at radius 3 is 2.73 bits per heavy atom. The molecule has 1 amide bonds. The summed E-state index contributed by atoms with van der Waals surface area (Å²) in [5.41, 5.74) is 5.40. The summed E-state index contributed by atoms with van der Waals surface area (Å²) in [5, 5.41) is 14.2. The average Bonchev–Trinajstić information content (AvgIpc) is 2.77. The molecule has 15 heavy (non-hydrogen) atoms. The molecule has 0 radical (unpaired) electrons. The highest BCUT2D eigenvalue weighted by molar-refractivity contribution is 5.83. The van der Waals surface area contributed by atoms with Gasteiger partial charge in [-0.25, -0.2) is 0 Å². The number of nitrogens with two attached hydrogens (primary N) is 1. The Kier molecular flexibility index (Phi) is 4.39. The Morgan fingerprint density at radius 1 is 1.60 bits per heavy atom. The van der Waals surface area contributed by atoms with Crippen molar-refractivity contribution < 1.29 is 10.0 Å². The fourth-order valence-electron chi connectivity index (χ4n) is 1.79. The quantitative estimate of drug-likeness (QED) is 0.278. The fourth-order valence-corrected chi connectivity index (χ4v) is 1.79.